The molecule has 0 spiro atoms. The molecule has 0 atom stereocenters. The van der Waals surface area contributed by atoms with Crippen molar-refractivity contribution in [1.82, 2.24) is 14.0 Å². The van der Waals surface area contributed by atoms with Gasteiger partial charge in [-0.05, 0) is 38.7 Å². The standard InChI is InChI=1S/C26H23N3O4/c1-15-21-16-9-4-6-12-19(16)29(26(32)33)24(21)18(11-8-14-27(2)3)22-17-10-5-7-13-20(17)28(23(15)22)25(30)31/h4-13H,14H2,1-3H3,(H,30,31)(H,32,33)/b11-8-. The van der Waals surface area contributed by atoms with Gasteiger partial charge in [0.15, 0.2) is 0 Å². The first-order chi connectivity index (χ1) is 15.8. The molecule has 0 saturated heterocycles. The Morgan fingerprint density at radius 2 is 1.36 bits per heavy atom. The normalized spacial score (nSPS) is 12.2. The predicted octanol–water partition coefficient (Wildman–Crippen LogP) is 5.84. The largest absolute Gasteiger partial charge is 0.464 e. The number of para-hydroxylation sites is 2. The van der Waals surface area contributed by atoms with Crippen LogP contribution in [0.25, 0.3) is 49.7 Å². The predicted molar refractivity (Wildman–Crippen MR) is 132 cm³/mol. The number of benzene rings is 3. The average molecular weight is 441 g/mol. The zero-order valence-electron chi connectivity index (χ0n) is 18.5. The lowest BCUT2D eigenvalue weighted by atomic mass is 9.97. The number of nitrogens with zero attached hydrogens (tertiary/aromatic N) is 3. The Hall–Kier alpha value is -4.10. The lowest BCUT2D eigenvalue weighted by molar-refractivity contribution is 0.197. The van der Waals surface area contributed by atoms with Gasteiger partial charge < -0.3 is 15.1 Å². The number of carboxylic acid groups (broad SMARTS) is 2. The smallest absolute Gasteiger partial charge is 0.416 e. The van der Waals surface area contributed by atoms with Crippen molar-refractivity contribution in [3.05, 3.63) is 65.7 Å². The Balaban J connectivity index is 2.14. The molecule has 0 unspecified atom stereocenters. The van der Waals surface area contributed by atoms with Crippen molar-refractivity contribution in [2.45, 2.75) is 6.92 Å². The lowest BCUT2D eigenvalue weighted by Crippen LogP contribution is -2.11. The third kappa shape index (κ3) is 2.93. The van der Waals surface area contributed by atoms with Crippen LogP contribution in [-0.4, -0.2) is 57.1 Å². The monoisotopic (exact) mass is 441 g/mol. The van der Waals surface area contributed by atoms with Crippen LogP contribution in [0.4, 0.5) is 9.59 Å². The summed E-state index contributed by atoms with van der Waals surface area (Å²) < 4.78 is 2.63. The van der Waals surface area contributed by atoms with E-state index in [2.05, 4.69) is 0 Å². The Morgan fingerprint density at radius 3 is 1.91 bits per heavy atom. The highest BCUT2D eigenvalue weighted by Crippen LogP contribution is 2.43. The van der Waals surface area contributed by atoms with Gasteiger partial charge in [0.1, 0.15) is 0 Å². The number of aromatic nitrogens is 2. The summed E-state index contributed by atoms with van der Waals surface area (Å²) in [4.78, 5) is 26.9. The van der Waals surface area contributed by atoms with E-state index in [1.54, 1.807) is 12.1 Å². The van der Waals surface area contributed by atoms with Gasteiger partial charge in [-0.3, -0.25) is 0 Å². The van der Waals surface area contributed by atoms with Crippen molar-refractivity contribution in [3.8, 4) is 0 Å². The maximum absolute atomic E-state index is 12.5. The molecular weight excluding hydrogens is 418 g/mol. The summed E-state index contributed by atoms with van der Waals surface area (Å²) in [5.74, 6) is 0. The van der Waals surface area contributed by atoms with Crippen molar-refractivity contribution >= 4 is 61.9 Å². The number of carbonyl (C=O) groups is 2. The summed E-state index contributed by atoms with van der Waals surface area (Å²) in [6.45, 7) is 2.52. The van der Waals surface area contributed by atoms with Gasteiger partial charge in [0, 0.05) is 33.7 Å². The van der Waals surface area contributed by atoms with Crippen LogP contribution in [0.2, 0.25) is 0 Å². The summed E-state index contributed by atoms with van der Waals surface area (Å²) in [6, 6.07) is 14.7. The molecule has 166 valence electrons. The number of aryl methyl sites for hydroxylation is 1. The summed E-state index contributed by atoms with van der Waals surface area (Å²) in [7, 11) is 3.91. The van der Waals surface area contributed by atoms with E-state index >= 15 is 0 Å². The van der Waals surface area contributed by atoms with Crippen molar-refractivity contribution in [2.75, 3.05) is 20.6 Å². The van der Waals surface area contributed by atoms with Crippen LogP contribution in [0.15, 0.2) is 54.6 Å². The molecule has 5 aromatic rings. The zero-order valence-corrected chi connectivity index (χ0v) is 18.5. The van der Waals surface area contributed by atoms with Crippen molar-refractivity contribution in [2.24, 2.45) is 0 Å². The average Bonchev–Trinajstić information content (AvgIpc) is 3.30. The van der Waals surface area contributed by atoms with E-state index in [1.807, 2.05) is 74.5 Å². The molecule has 0 saturated carbocycles. The first-order valence-corrected chi connectivity index (χ1v) is 10.6. The van der Waals surface area contributed by atoms with Crippen molar-refractivity contribution < 1.29 is 19.8 Å². The molecule has 5 rings (SSSR count). The maximum Gasteiger partial charge on any atom is 0.416 e. The van der Waals surface area contributed by atoms with Crippen LogP contribution in [0.5, 0.6) is 0 Å². The molecular formula is C26H23N3O4. The highest BCUT2D eigenvalue weighted by atomic mass is 16.4. The number of hydrogen-bond donors (Lipinski definition) is 2. The van der Waals surface area contributed by atoms with Crippen molar-refractivity contribution in [1.29, 1.82) is 0 Å². The highest BCUT2D eigenvalue weighted by Gasteiger charge is 2.26. The van der Waals surface area contributed by atoms with Gasteiger partial charge in [-0.25, -0.2) is 18.7 Å². The fraction of sp³-hybridized carbons (Fsp3) is 0.154. The second-order valence-corrected chi connectivity index (χ2v) is 8.42. The van der Waals surface area contributed by atoms with Crippen molar-refractivity contribution in [3.63, 3.8) is 0 Å². The van der Waals surface area contributed by atoms with E-state index in [0.717, 1.165) is 27.1 Å². The zero-order chi connectivity index (χ0) is 23.4. The van der Waals surface area contributed by atoms with Gasteiger partial charge in [-0.2, -0.15) is 0 Å². The molecule has 7 nitrogen and oxygen atoms in total. The molecule has 0 amide bonds. The van der Waals surface area contributed by atoms with Gasteiger partial charge in [-0.15, -0.1) is 0 Å². The van der Waals surface area contributed by atoms with Crippen LogP contribution in [0.1, 0.15) is 11.1 Å². The Morgan fingerprint density at radius 1 is 0.848 bits per heavy atom. The van der Waals surface area contributed by atoms with E-state index in [4.69, 9.17) is 0 Å². The molecule has 0 bridgehead atoms. The molecule has 2 heterocycles. The fourth-order valence-electron chi connectivity index (χ4n) is 4.92. The first kappa shape index (κ1) is 20.8. The molecule has 3 aromatic carbocycles. The highest BCUT2D eigenvalue weighted by molar-refractivity contribution is 6.27. The summed E-state index contributed by atoms with van der Waals surface area (Å²) >= 11 is 0. The van der Waals surface area contributed by atoms with Crippen LogP contribution in [0, 0.1) is 6.92 Å². The second kappa shape index (κ2) is 7.50. The Kier molecular flexibility index (Phi) is 4.72. The molecule has 0 aliphatic rings. The van der Waals surface area contributed by atoms with E-state index in [9.17, 15) is 19.8 Å². The first-order valence-electron chi connectivity index (χ1n) is 10.6. The van der Waals surface area contributed by atoms with Gasteiger partial charge in [0.25, 0.3) is 0 Å². The lowest BCUT2D eigenvalue weighted by Gasteiger charge is -2.11. The molecule has 2 N–H and O–H groups in total. The second-order valence-electron chi connectivity index (χ2n) is 8.42. The van der Waals surface area contributed by atoms with E-state index in [0.29, 0.717) is 34.2 Å². The minimum Gasteiger partial charge on any atom is -0.464 e. The fourth-order valence-corrected chi connectivity index (χ4v) is 4.92. The van der Waals surface area contributed by atoms with Crippen LogP contribution in [-0.2, 0) is 0 Å². The van der Waals surface area contributed by atoms with Crippen LogP contribution < -0.4 is 0 Å². The van der Waals surface area contributed by atoms with Gasteiger partial charge >= 0.3 is 12.2 Å². The number of hydrogen-bond acceptors (Lipinski definition) is 3. The van der Waals surface area contributed by atoms with Crippen LogP contribution in [0.3, 0.4) is 0 Å². The Bertz CT molecular complexity index is 1630. The minimum absolute atomic E-state index is 0.567. The quantitative estimate of drug-likeness (QED) is 0.367. The SMILES string of the molecule is Cc1c2c3ccccc3n(C(=O)O)c2c(/C=C\CN(C)C)c2c3ccccc3n(C(=O)O)c12. The molecule has 33 heavy (non-hydrogen) atoms. The number of rotatable bonds is 3. The van der Waals surface area contributed by atoms with Gasteiger partial charge in [0.2, 0.25) is 0 Å². The molecule has 2 aromatic heterocycles. The maximum atomic E-state index is 12.5. The van der Waals surface area contributed by atoms with E-state index in [1.165, 1.54) is 9.13 Å². The number of likely N-dealkylation sites (N-methyl/N-ethyl adjacent to an activating group) is 1. The van der Waals surface area contributed by atoms with Gasteiger partial charge in [0.05, 0.1) is 22.1 Å². The van der Waals surface area contributed by atoms with E-state index < -0.39 is 12.2 Å². The minimum atomic E-state index is -1.08. The van der Waals surface area contributed by atoms with Crippen LogP contribution >= 0.6 is 0 Å². The Labute approximate surface area is 189 Å². The topological polar surface area (TPSA) is 87.7 Å². The molecule has 0 radical (unpaired) electrons. The summed E-state index contributed by atoms with van der Waals surface area (Å²) in [6.07, 6.45) is 1.74. The third-order valence-corrected chi connectivity index (χ3v) is 6.14. The molecule has 0 aliphatic heterocycles. The molecule has 0 fully saturated rings. The summed E-state index contributed by atoms with van der Waals surface area (Å²) in [5.41, 5.74) is 3.72. The van der Waals surface area contributed by atoms with E-state index in [-0.39, 0.29) is 0 Å². The summed E-state index contributed by atoms with van der Waals surface area (Å²) in [5, 5.41) is 23.4. The molecule has 0 aliphatic carbocycles. The van der Waals surface area contributed by atoms with Gasteiger partial charge in [-0.1, -0.05) is 48.6 Å². The molecule has 7 heteroatoms. The number of fused-ring (bicyclic) bond motifs is 6. The third-order valence-electron chi connectivity index (χ3n) is 6.14.